The van der Waals surface area contributed by atoms with Crippen molar-refractivity contribution in [1.82, 2.24) is 55.5 Å². The van der Waals surface area contributed by atoms with Crippen LogP contribution in [0, 0.1) is 0 Å². The van der Waals surface area contributed by atoms with Crippen molar-refractivity contribution < 1.29 is 0 Å². The maximum absolute atomic E-state index is 4.66. The van der Waals surface area contributed by atoms with Gasteiger partial charge in [0.1, 0.15) is 40.0 Å². The van der Waals surface area contributed by atoms with Gasteiger partial charge in [-0.3, -0.25) is 15.3 Å². The minimum Gasteiger partial charge on any atom is -0.353 e. The van der Waals surface area contributed by atoms with E-state index in [2.05, 4.69) is 67.6 Å². The summed E-state index contributed by atoms with van der Waals surface area (Å²) in [5, 5.41) is 23.8. The highest BCUT2D eigenvalue weighted by atomic mass is 15.2. The number of hydrogen-bond donors (Lipinski definition) is 4. The summed E-state index contributed by atoms with van der Waals surface area (Å²) in [7, 11) is 0. The average Bonchev–Trinajstić information content (AvgIpc) is 3.61. The van der Waals surface area contributed by atoms with Crippen molar-refractivity contribution in [1.29, 1.82) is 0 Å². The molecule has 0 atom stereocenters. The first-order chi connectivity index (χ1) is 15.9. The minimum absolute atomic E-state index is 0.518. The Labute approximate surface area is 178 Å². The molecule has 0 fully saturated rings. The Balaban J connectivity index is 1.55. The lowest BCUT2D eigenvalue weighted by Gasteiger charge is -2.02. The molecule has 0 spiro atoms. The molecule has 0 aliphatic carbocycles. The fourth-order valence-corrected chi connectivity index (χ4v) is 4.02. The fraction of sp³-hybridized carbons (Fsp3) is 0. The van der Waals surface area contributed by atoms with Gasteiger partial charge < -0.3 is 4.98 Å². The van der Waals surface area contributed by atoms with Gasteiger partial charge in [0.15, 0.2) is 5.65 Å². The van der Waals surface area contributed by atoms with Crippen LogP contribution >= 0.6 is 0 Å². The highest BCUT2D eigenvalue weighted by Gasteiger charge is 2.26. The van der Waals surface area contributed by atoms with Crippen LogP contribution in [-0.2, 0) is 0 Å². The van der Waals surface area contributed by atoms with Crippen molar-refractivity contribution in [3.05, 3.63) is 55.2 Å². The molecule has 11 nitrogen and oxygen atoms in total. The number of hydrogen-bond acceptors (Lipinski definition) is 7. The monoisotopic (exact) mass is 419 g/mol. The zero-order chi connectivity index (χ0) is 21.1. The van der Waals surface area contributed by atoms with E-state index in [-0.39, 0.29) is 0 Å². The number of nitrogens with one attached hydrogen (secondary N) is 4. The number of H-pyrrole nitrogens is 4. The molecule has 11 heteroatoms. The zero-order valence-corrected chi connectivity index (χ0v) is 16.3. The molecule has 7 rings (SSSR count). The van der Waals surface area contributed by atoms with E-state index < -0.39 is 0 Å². The number of para-hydroxylation sites is 1. The van der Waals surface area contributed by atoms with Gasteiger partial charge in [0.05, 0.1) is 23.1 Å². The van der Waals surface area contributed by atoms with E-state index in [1.54, 1.807) is 18.6 Å². The molecule has 4 N–H and O–H groups in total. The van der Waals surface area contributed by atoms with Crippen molar-refractivity contribution in [2.75, 3.05) is 0 Å². The number of fused-ring (bicyclic) bond motifs is 3. The van der Waals surface area contributed by atoms with Gasteiger partial charge in [-0.2, -0.15) is 15.3 Å². The molecule has 0 unspecified atom stereocenters. The maximum Gasteiger partial charge on any atom is 0.200 e. The molecule has 6 heterocycles. The number of benzene rings is 1. The van der Waals surface area contributed by atoms with Gasteiger partial charge >= 0.3 is 0 Å². The van der Waals surface area contributed by atoms with Crippen LogP contribution in [0.5, 0.6) is 0 Å². The number of nitrogens with zero attached hydrogens (tertiary/aromatic N) is 7. The Kier molecular flexibility index (Phi) is 3.30. The molecule has 7 aromatic rings. The summed E-state index contributed by atoms with van der Waals surface area (Å²) in [6.07, 6.45) is 6.43. The predicted molar refractivity (Wildman–Crippen MR) is 117 cm³/mol. The third kappa shape index (κ3) is 2.32. The van der Waals surface area contributed by atoms with E-state index in [1.165, 1.54) is 6.33 Å². The molecule has 0 saturated carbocycles. The van der Waals surface area contributed by atoms with Crippen molar-refractivity contribution in [3.63, 3.8) is 0 Å². The Morgan fingerprint density at radius 3 is 2.56 bits per heavy atom. The first-order valence-electron chi connectivity index (χ1n) is 9.83. The summed E-state index contributed by atoms with van der Waals surface area (Å²) < 4.78 is 0. The lowest BCUT2D eigenvalue weighted by atomic mass is 10.0. The van der Waals surface area contributed by atoms with Gasteiger partial charge in [0, 0.05) is 23.3 Å². The third-order valence-corrected chi connectivity index (χ3v) is 5.45. The second kappa shape index (κ2) is 6.28. The SMILES string of the molecule is c1ccc2[nH]c(-c3n[nH]c(-c4[nH]nc5nccnc45)c3-c3n[nH]c4cncnc34)cc2c1. The molecule has 0 aliphatic heterocycles. The quantitative estimate of drug-likeness (QED) is 0.343. The van der Waals surface area contributed by atoms with Crippen LogP contribution in [0.2, 0.25) is 0 Å². The smallest absolute Gasteiger partial charge is 0.200 e. The van der Waals surface area contributed by atoms with E-state index >= 15 is 0 Å². The second-order valence-corrected chi connectivity index (χ2v) is 7.28. The lowest BCUT2D eigenvalue weighted by Crippen LogP contribution is -1.89. The molecule has 152 valence electrons. The maximum atomic E-state index is 4.66. The summed E-state index contributed by atoms with van der Waals surface area (Å²) in [4.78, 5) is 20.7. The van der Waals surface area contributed by atoms with E-state index in [4.69, 9.17) is 0 Å². The normalized spacial score (nSPS) is 11.8. The zero-order valence-electron chi connectivity index (χ0n) is 16.3. The fourth-order valence-electron chi connectivity index (χ4n) is 4.02. The summed E-state index contributed by atoms with van der Waals surface area (Å²) >= 11 is 0. The van der Waals surface area contributed by atoms with Gasteiger partial charge in [-0.1, -0.05) is 18.2 Å². The van der Waals surface area contributed by atoms with E-state index in [0.29, 0.717) is 39.5 Å². The Morgan fingerprint density at radius 1 is 0.719 bits per heavy atom. The van der Waals surface area contributed by atoms with Gasteiger partial charge in [-0.05, 0) is 12.1 Å². The van der Waals surface area contributed by atoms with Gasteiger partial charge in [0.25, 0.3) is 0 Å². The topological polar surface area (TPSA) is 153 Å². The highest BCUT2D eigenvalue weighted by molar-refractivity contribution is 6.02. The van der Waals surface area contributed by atoms with Gasteiger partial charge in [-0.25, -0.2) is 19.9 Å². The highest BCUT2D eigenvalue weighted by Crippen LogP contribution is 2.40. The van der Waals surface area contributed by atoms with Gasteiger partial charge in [-0.15, -0.1) is 0 Å². The van der Waals surface area contributed by atoms with E-state index in [1.807, 2.05) is 18.2 Å². The van der Waals surface area contributed by atoms with Crippen molar-refractivity contribution in [2.24, 2.45) is 0 Å². The molecular formula is C21H13N11. The molecule has 6 aromatic heterocycles. The Hall–Kier alpha value is -4.93. The number of aromatic amines is 4. The van der Waals surface area contributed by atoms with Crippen LogP contribution in [-0.4, -0.2) is 55.5 Å². The molecule has 1 aromatic carbocycles. The average molecular weight is 419 g/mol. The third-order valence-electron chi connectivity index (χ3n) is 5.45. The summed E-state index contributed by atoms with van der Waals surface area (Å²) in [5.41, 5.74) is 7.91. The molecule has 0 aliphatic rings. The molecule has 0 amide bonds. The van der Waals surface area contributed by atoms with Crippen LogP contribution in [0.3, 0.4) is 0 Å². The molecular weight excluding hydrogens is 406 g/mol. The first kappa shape index (κ1) is 16.8. The van der Waals surface area contributed by atoms with E-state index in [0.717, 1.165) is 27.7 Å². The lowest BCUT2D eigenvalue weighted by molar-refractivity contribution is 1.06. The number of rotatable bonds is 3. The van der Waals surface area contributed by atoms with Crippen LogP contribution in [0.25, 0.3) is 67.1 Å². The van der Waals surface area contributed by atoms with Crippen LogP contribution in [0.15, 0.2) is 55.2 Å². The van der Waals surface area contributed by atoms with E-state index in [9.17, 15) is 0 Å². The first-order valence-corrected chi connectivity index (χ1v) is 9.83. The second-order valence-electron chi connectivity index (χ2n) is 7.28. The largest absolute Gasteiger partial charge is 0.353 e. The van der Waals surface area contributed by atoms with Crippen LogP contribution in [0.1, 0.15) is 0 Å². The predicted octanol–water partition coefficient (Wildman–Crippen LogP) is 3.22. The van der Waals surface area contributed by atoms with Gasteiger partial charge in [0.2, 0.25) is 0 Å². The Morgan fingerprint density at radius 2 is 1.59 bits per heavy atom. The van der Waals surface area contributed by atoms with Crippen molar-refractivity contribution in [2.45, 2.75) is 0 Å². The number of aromatic nitrogens is 11. The summed E-state index contributed by atoms with van der Waals surface area (Å²) in [5.74, 6) is 0. The molecule has 32 heavy (non-hydrogen) atoms. The van der Waals surface area contributed by atoms with Crippen molar-refractivity contribution in [3.8, 4) is 34.0 Å². The summed E-state index contributed by atoms with van der Waals surface area (Å²) in [6.45, 7) is 0. The molecule has 0 radical (unpaired) electrons. The van der Waals surface area contributed by atoms with Crippen LogP contribution in [0.4, 0.5) is 0 Å². The van der Waals surface area contributed by atoms with Crippen LogP contribution < -0.4 is 0 Å². The summed E-state index contributed by atoms with van der Waals surface area (Å²) in [6, 6.07) is 10.1. The molecule has 0 saturated heterocycles. The van der Waals surface area contributed by atoms with Crippen molar-refractivity contribution >= 4 is 33.1 Å². The molecule has 0 bridgehead atoms. The standard InChI is InChI=1S/C21H13N11/c1-2-4-11-10(3-1)7-12(26-11)15-14(17-16-13(27-29-17)8-22-9-25-16)18(30-28-15)19-20-21(32-31-19)24-6-5-23-20/h1-9,26H,(H,27,29)(H,28,30)(H,24,31,32). The Bertz CT molecular complexity index is 1720. The minimum atomic E-state index is 0.518.